The van der Waals surface area contributed by atoms with Gasteiger partial charge in [0.25, 0.3) is 0 Å². The highest BCUT2D eigenvalue weighted by atomic mass is 16.2. The van der Waals surface area contributed by atoms with Gasteiger partial charge in [0.1, 0.15) is 0 Å². The van der Waals surface area contributed by atoms with E-state index in [9.17, 15) is 4.79 Å². The predicted molar refractivity (Wildman–Crippen MR) is 147 cm³/mol. The summed E-state index contributed by atoms with van der Waals surface area (Å²) in [5.41, 5.74) is 6.15. The number of urea groups is 1. The Labute approximate surface area is 215 Å². The Kier molecular flexibility index (Phi) is 7.19. The van der Waals surface area contributed by atoms with E-state index in [1.807, 2.05) is 22.5 Å². The molecule has 7 nitrogen and oxygen atoms in total. The van der Waals surface area contributed by atoms with Gasteiger partial charge >= 0.3 is 6.03 Å². The molecule has 0 bridgehead atoms. The highest BCUT2D eigenvalue weighted by molar-refractivity contribution is 5.80. The van der Waals surface area contributed by atoms with Crippen molar-refractivity contribution in [1.82, 2.24) is 24.7 Å². The maximum Gasteiger partial charge on any atom is 0.317 e. The number of piperazine rings is 1. The monoisotopic (exact) mass is 488 g/mol. The highest BCUT2D eigenvalue weighted by Crippen LogP contribution is 2.33. The summed E-state index contributed by atoms with van der Waals surface area (Å²) in [6.45, 7) is 14.0. The number of carbonyl (C=O) groups is 1. The lowest BCUT2D eigenvalue weighted by atomic mass is 9.88. The number of amides is 2. The predicted octanol–water partition coefficient (Wildman–Crippen LogP) is 4.83. The molecule has 1 N–H and O–H groups in total. The summed E-state index contributed by atoms with van der Waals surface area (Å²) in [6, 6.07) is 14.4. The number of aromatic nitrogens is 2. The topological polar surface area (TPSA) is 56.1 Å². The SMILES string of the molecule is CCNC(=O)N1CCN(c2ccnn3cc(-c4ccc(C5CCN(C(C)C)CC5)cc4)cc23)C[C@H]1C. The second kappa shape index (κ2) is 10.5. The van der Waals surface area contributed by atoms with Crippen molar-refractivity contribution in [3.63, 3.8) is 0 Å². The summed E-state index contributed by atoms with van der Waals surface area (Å²) in [7, 11) is 0. The van der Waals surface area contributed by atoms with Crippen LogP contribution in [0.1, 0.15) is 52.0 Å². The molecule has 1 atom stereocenters. The molecule has 2 fully saturated rings. The van der Waals surface area contributed by atoms with Crippen molar-refractivity contribution in [2.45, 2.75) is 58.5 Å². The summed E-state index contributed by atoms with van der Waals surface area (Å²) in [5, 5.41) is 7.53. The van der Waals surface area contributed by atoms with Gasteiger partial charge < -0.3 is 20.0 Å². The largest absolute Gasteiger partial charge is 0.366 e. The fourth-order valence-corrected chi connectivity index (χ4v) is 5.85. The molecule has 0 radical (unpaired) electrons. The van der Waals surface area contributed by atoms with Crippen LogP contribution in [0.3, 0.4) is 0 Å². The lowest BCUT2D eigenvalue weighted by molar-refractivity contribution is 0.172. The van der Waals surface area contributed by atoms with Gasteiger partial charge in [0.15, 0.2) is 0 Å². The lowest BCUT2D eigenvalue weighted by Crippen LogP contribution is -2.56. The van der Waals surface area contributed by atoms with E-state index in [-0.39, 0.29) is 12.1 Å². The number of hydrogen-bond acceptors (Lipinski definition) is 4. The van der Waals surface area contributed by atoms with Gasteiger partial charge in [-0.15, -0.1) is 0 Å². The minimum absolute atomic E-state index is 0.0309. The quantitative estimate of drug-likeness (QED) is 0.559. The van der Waals surface area contributed by atoms with Crippen LogP contribution in [-0.2, 0) is 0 Å². The van der Waals surface area contributed by atoms with E-state index in [0.717, 1.165) is 18.6 Å². The lowest BCUT2D eigenvalue weighted by Gasteiger charge is -2.40. The van der Waals surface area contributed by atoms with E-state index < -0.39 is 0 Å². The number of carbonyl (C=O) groups excluding carboxylic acids is 1. The molecule has 5 rings (SSSR count). The molecule has 2 saturated heterocycles. The summed E-state index contributed by atoms with van der Waals surface area (Å²) in [6.07, 6.45) is 6.49. The van der Waals surface area contributed by atoms with E-state index in [0.29, 0.717) is 25.0 Å². The van der Waals surface area contributed by atoms with E-state index in [4.69, 9.17) is 0 Å². The zero-order chi connectivity index (χ0) is 25.2. The van der Waals surface area contributed by atoms with Gasteiger partial charge in [-0.1, -0.05) is 24.3 Å². The Morgan fingerprint density at radius 1 is 1.06 bits per heavy atom. The molecule has 0 aliphatic carbocycles. The van der Waals surface area contributed by atoms with Gasteiger partial charge in [-0.05, 0) is 82.8 Å². The number of piperidine rings is 1. The normalized spacial score (nSPS) is 19.9. The zero-order valence-corrected chi connectivity index (χ0v) is 22.2. The van der Waals surface area contributed by atoms with E-state index in [2.05, 4.69) is 83.6 Å². The molecule has 3 aromatic rings. The summed E-state index contributed by atoms with van der Waals surface area (Å²) >= 11 is 0. The smallest absolute Gasteiger partial charge is 0.317 e. The van der Waals surface area contributed by atoms with Crippen LogP contribution in [0.15, 0.2) is 48.8 Å². The summed E-state index contributed by atoms with van der Waals surface area (Å²) in [4.78, 5) is 19.3. The van der Waals surface area contributed by atoms with Crippen molar-refractivity contribution in [1.29, 1.82) is 0 Å². The second-order valence-corrected chi connectivity index (χ2v) is 10.6. The number of rotatable bonds is 5. The fraction of sp³-hybridized carbons (Fsp3) is 0.517. The molecule has 0 saturated carbocycles. The van der Waals surface area contributed by atoms with Crippen molar-refractivity contribution in [2.24, 2.45) is 0 Å². The first-order chi connectivity index (χ1) is 17.4. The first-order valence-electron chi connectivity index (χ1n) is 13.6. The van der Waals surface area contributed by atoms with Crippen molar-refractivity contribution < 1.29 is 4.79 Å². The minimum atomic E-state index is 0.0309. The molecule has 4 heterocycles. The standard InChI is InChI=1S/C29H40N6O/c1-5-30-29(36)34-17-16-33(19-22(34)4)27-10-13-31-35-20-26(18-28(27)35)24-8-6-23(7-9-24)25-11-14-32(15-12-25)21(2)3/h6-10,13,18,20-22,25H,5,11-12,14-17,19H2,1-4H3,(H,30,36)/t22-/m1/s1. The Balaban J connectivity index is 1.31. The third kappa shape index (κ3) is 4.94. The number of hydrogen-bond donors (Lipinski definition) is 1. The minimum Gasteiger partial charge on any atom is -0.366 e. The van der Waals surface area contributed by atoms with Gasteiger partial charge in [0.2, 0.25) is 0 Å². The molecule has 192 valence electrons. The maximum absolute atomic E-state index is 12.4. The third-order valence-corrected chi connectivity index (χ3v) is 8.02. The van der Waals surface area contributed by atoms with E-state index in [1.54, 1.807) is 0 Å². The third-order valence-electron chi connectivity index (χ3n) is 8.02. The molecule has 2 aromatic heterocycles. The molecule has 0 unspecified atom stereocenters. The van der Waals surface area contributed by atoms with Crippen LogP contribution in [0.5, 0.6) is 0 Å². The number of anilines is 1. The molecule has 1 aromatic carbocycles. The Hall–Kier alpha value is -3.06. The Morgan fingerprint density at radius 2 is 1.81 bits per heavy atom. The number of nitrogens with one attached hydrogen (secondary N) is 1. The Morgan fingerprint density at radius 3 is 2.47 bits per heavy atom. The second-order valence-electron chi connectivity index (χ2n) is 10.6. The molecule has 7 heteroatoms. The van der Waals surface area contributed by atoms with E-state index in [1.165, 1.54) is 48.3 Å². The van der Waals surface area contributed by atoms with Gasteiger partial charge in [-0.3, -0.25) is 0 Å². The van der Waals surface area contributed by atoms with Gasteiger partial charge in [-0.25, -0.2) is 9.31 Å². The van der Waals surface area contributed by atoms with Crippen molar-refractivity contribution >= 4 is 17.2 Å². The van der Waals surface area contributed by atoms with Crippen LogP contribution >= 0.6 is 0 Å². The molecule has 0 spiro atoms. The fourth-order valence-electron chi connectivity index (χ4n) is 5.85. The zero-order valence-electron chi connectivity index (χ0n) is 22.2. The number of nitrogens with zero attached hydrogens (tertiary/aromatic N) is 5. The molecule has 2 amide bonds. The van der Waals surface area contributed by atoms with Crippen molar-refractivity contribution in [3.8, 4) is 11.1 Å². The average molecular weight is 489 g/mol. The first-order valence-corrected chi connectivity index (χ1v) is 13.6. The molecule has 2 aliphatic rings. The van der Waals surface area contributed by atoms with Crippen LogP contribution in [0, 0.1) is 0 Å². The number of likely N-dealkylation sites (tertiary alicyclic amines) is 1. The molecule has 2 aliphatic heterocycles. The number of fused-ring (bicyclic) bond motifs is 1. The van der Waals surface area contributed by atoms with Crippen LogP contribution in [-0.4, -0.2) is 76.8 Å². The molecular formula is C29H40N6O. The summed E-state index contributed by atoms with van der Waals surface area (Å²) in [5.74, 6) is 0.662. The maximum atomic E-state index is 12.4. The Bertz CT molecular complexity index is 1180. The first kappa shape index (κ1) is 24.6. The van der Waals surface area contributed by atoms with Gasteiger partial charge in [-0.2, -0.15) is 5.10 Å². The van der Waals surface area contributed by atoms with Crippen molar-refractivity contribution in [2.75, 3.05) is 44.2 Å². The van der Waals surface area contributed by atoms with Crippen LogP contribution in [0.25, 0.3) is 16.6 Å². The van der Waals surface area contributed by atoms with Gasteiger partial charge in [0, 0.05) is 56.2 Å². The highest BCUT2D eigenvalue weighted by Gasteiger charge is 2.28. The summed E-state index contributed by atoms with van der Waals surface area (Å²) < 4.78 is 1.99. The molecule has 36 heavy (non-hydrogen) atoms. The van der Waals surface area contributed by atoms with Crippen LogP contribution in [0.2, 0.25) is 0 Å². The number of benzene rings is 1. The van der Waals surface area contributed by atoms with Gasteiger partial charge in [0.05, 0.1) is 11.2 Å². The van der Waals surface area contributed by atoms with Crippen LogP contribution in [0.4, 0.5) is 10.5 Å². The van der Waals surface area contributed by atoms with Crippen molar-refractivity contribution in [3.05, 3.63) is 54.4 Å². The average Bonchev–Trinajstić information content (AvgIpc) is 3.33. The molecular weight excluding hydrogens is 448 g/mol. The van der Waals surface area contributed by atoms with E-state index >= 15 is 0 Å². The van der Waals surface area contributed by atoms with Crippen LogP contribution < -0.4 is 10.2 Å².